The van der Waals surface area contributed by atoms with E-state index in [1.807, 2.05) is 24.3 Å². The average molecular weight is 469 g/mol. The van der Waals surface area contributed by atoms with Crippen LogP contribution in [0.25, 0.3) is 0 Å². The Bertz CT molecular complexity index is 897. The molecule has 1 aromatic carbocycles. The Morgan fingerprint density at radius 3 is 2.09 bits per heavy atom. The maximum Gasteiger partial charge on any atom is 0.232 e. The van der Waals surface area contributed by atoms with Crippen LogP contribution in [0.1, 0.15) is 45.1 Å². The molecule has 2 aliphatic heterocycles. The van der Waals surface area contributed by atoms with Crippen LogP contribution in [0.2, 0.25) is 0 Å². The van der Waals surface area contributed by atoms with Gasteiger partial charge in [0.1, 0.15) is 17.4 Å². The molecular formula is C25H36N6OS. The summed E-state index contributed by atoms with van der Waals surface area (Å²) in [6, 6.07) is 10.1. The highest BCUT2D eigenvalue weighted by molar-refractivity contribution is 7.80. The number of thiocarbonyl (C=S) groups is 1. The van der Waals surface area contributed by atoms with Gasteiger partial charge in [-0.1, -0.05) is 26.0 Å². The minimum absolute atomic E-state index is 0.521. The molecule has 0 spiro atoms. The highest BCUT2D eigenvalue weighted by atomic mass is 32.1. The Kier molecular flexibility index (Phi) is 7.85. The molecule has 178 valence electrons. The van der Waals surface area contributed by atoms with Crippen molar-refractivity contribution in [2.24, 2.45) is 11.8 Å². The Balaban J connectivity index is 1.48. The number of hydrogen-bond donors (Lipinski definition) is 2. The lowest BCUT2D eigenvalue weighted by atomic mass is 10.00. The molecule has 2 atom stereocenters. The van der Waals surface area contributed by atoms with Crippen LogP contribution < -0.4 is 25.2 Å². The number of anilines is 3. The molecule has 8 heteroatoms. The molecule has 2 aromatic rings. The van der Waals surface area contributed by atoms with Gasteiger partial charge in [-0.3, -0.25) is 0 Å². The lowest BCUT2D eigenvalue weighted by Gasteiger charge is -2.35. The van der Waals surface area contributed by atoms with Gasteiger partial charge in [-0.05, 0) is 67.4 Å². The monoisotopic (exact) mass is 468 g/mol. The third-order valence-electron chi connectivity index (χ3n) is 6.50. The number of nitrogens with zero attached hydrogens (tertiary/aromatic N) is 4. The number of nitrogens with one attached hydrogen (secondary N) is 2. The van der Waals surface area contributed by atoms with Crippen LogP contribution in [0.15, 0.2) is 30.3 Å². The number of piperidine rings is 2. The van der Waals surface area contributed by atoms with Gasteiger partial charge in [-0.15, -0.1) is 0 Å². The summed E-state index contributed by atoms with van der Waals surface area (Å²) >= 11 is 5.57. The SMILES string of the molecule is COc1ccc(CNC(=S)Nc2nc(N3CCC[C@H](C)C3)cc(N3CCC[C@H](C)C3)n2)cc1. The number of aromatic nitrogens is 2. The first-order valence-electron chi connectivity index (χ1n) is 12.1. The van der Waals surface area contributed by atoms with E-state index in [0.29, 0.717) is 29.4 Å². The van der Waals surface area contributed by atoms with Gasteiger partial charge in [0.2, 0.25) is 5.95 Å². The summed E-state index contributed by atoms with van der Waals surface area (Å²) in [4.78, 5) is 14.5. The second kappa shape index (κ2) is 11.0. The first-order chi connectivity index (χ1) is 16.0. The van der Waals surface area contributed by atoms with Crippen molar-refractivity contribution in [3.8, 4) is 5.75 Å². The summed E-state index contributed by atoms with van der Waals surface area (Å²) in [5.41, 5.74) is 1.12. The van der Waals surface area contributed by atoms with Crippen molar-refractivity contribution in [3.05, 3.63) is 35.9 Å². The molecule has 0 amide bonds. The highest BCUT2D eigenvalue weighted by Gasteiger charge is 2.23. The molecule has 3 heterocycles. The van der Waals surface area contributed by atoms with E-state index >= 15 is 0 Å². The fraction of sp³-hybridized carbons (Fsp3) is 0.560. The zero-order valence-corrected chi connectivity index (χ0v) is 20.8. The number of ether oxygens (including phenoxy) is 1. The maximum atomic E-state index is 5.57. The van der Waals surface area contributed by atoms with Crippen molar-refractivity contribution in [2.75, 3.05) is 48.4 Å². The second-order valence-electron chi connectivity index (χ2n) is 9.45. The second-order valence-corrected chi connectivity index (χ2v) is 9.86. The Labute approximate surface area is 202 Å². The van der Waals surface area contributed by atoms with Crippen LogP contribution in [0.3, 0.4) is 0 Å². The Hall–Kier alpha value is -2.61. The quantitative estimate of drug-likeness (QED) is 0.603. The van der Waals surface area contributed by atoms with Crippen LogP contribution in [0.4, 0.5) is 17.6 Å². The molecule has 1 aromatic heterocycles. The first kappa shape index (κ1) is 23.5. The van der Waals surface area contributed by atoms with E-state index in [0.717, 1.165) is 49.1 Å². The third-order valence-corrected chi connectivity index (χ3v) is 6.74. The maximum absolute atomic E-state index is 5.57. The largest absolute Gasteiger partial charge is 0.497 e. The van der Waals surface area contributed by atoms with E-state index in [1.54, 1.807) is 7.11 Å². The van der Waals surface area contributed by atoms with E-state index in [2.05, 4.69) is 40.3 Å². The van der Waals surface area contributed by atoms with Crippen molar-refractivity contribution in [3.63, 3.8) is 0 Å². The molecule has 0 unspecified atom stereocenters. The molecule has 0 aliphatic carbocycles. The van der Waals surface area contributed by atoms with Crippen molar-refractivity contribution < 1.29 is 4.74 Å². The van der Waals surface area contributed by atoms with Crippen molar-refractivity contribution >= 4 is 34.9 Å². The van der Waals surface area contributed by atoms with Crippen molar-refractivity contribution in [1.29, 1.82) is 0 Å². The molecule has 0 radical (unpaired) electrons. The van der Waals surface area contributed by atoms with Gasteiger partial charge < -0.3 is 25.2 Å². The van der Waals surface area contributed by atoms with Crippen molar-refractivity contribution in [2.45, 2.75) is 46.1 Å². The molecule has 0 bridgehead atoms. The van der Waals surface area contributed by atoms with Crippen LogP contribution in [0.5, 0.6) is 5.75 Å². The van der Waals surface area contributed by atoms with Crippen LogP contribution in [0, 0.1) is 11.8 Å². The lowest BCUT2D eigenvalue weighted by molar-refractivity contribution is 0.414. The molecular weight excluding hydrogens is 432 g/mol. The van der Waals surface area contributed by atoms with Gasteiger partial charge in [0.25, 0.3) is 0 Å². The summed E-state index contributed by atoms with van der Waals surface area (Å²) in [6.45, 7) is 9.40. The summed E-state index contributed by atoms with van der Waals surface area (Å²) in [5.74, 6) is 4.74. The van der Waals surface area contributed by atoms with Gasteiger partial charge >= 0.3 is 0 Å². The van der Waals surface area contributed by atoms with E-state index < -0.39 is 0 Å². The number of rotatable bonds is 6. The zero-order valence-electron chi connectivity index (χ0n) is 20.0. The molecule has 2 aliphatic rings. The van der Waals surface area contributed by atoms with Gasteiger partial charge in [0, 0.05) is 38.8 Å². The minimum atomic E-state index is 0.521. The van der Waals surface area contributed by atoms with Crippen LogP contribution >= 0.6 is 12.2 Å². The van der Waals surface area contributed by atoms with Crippen LogP contribution in [-0.4, -0.2) is 48.4 Å². The standard InChI is InChI=1S/C25H36N6OS/c1-18-6-4-12-30(16-18)22-14-23(31-13-5-7-19(2)17-31)28-24(27-22)29-25(33)26-15-20-8-10-21(32-3)11-9-20/h8-11,14,18-19H,4-7,12-13,15-17H2,1-3H3,(H2,26,27,28,29,33)/t18-,19-/m0/s1. The fourth-order valence-electron chi connectivity index (χ4n) is 4.67. The molecule has 33 heavy (non-hydrogen) atoms. The van der Waals surface area contributed by atoms with Crippen LogP contribution in [-0.2, 0) is 6.54 Å². The Morgan fingerprint density at radius 2 is 1.58 bits per heavy atom. The summed E-state index contributed by atoms with van der Waals surface area (Å²) in [7, 11) is 1.67. The van der Waals surface area contributed by atoms with E-state index in [4.69, 9.17) is 26.9 Å². The fourth-order valence-corrected chi connectivity index (χ4v) is 4.83. The molecule has 2 saturated heterocycles. The van der Waals surface area contributed by atoms with Gasteiger partial charge in [0.15, 0.2) is 5.11 Å². The van der Waals surface area contributed by atoms with Gasteiger partial charge in [-0.2, -0.15) is 9.97 Å². The zero-order chi connectivity index (χ0) is 23.2. The van der Waals surface area contributed by atoms with E-state index in [9.17, 15) is 0 Å². The summed E-state index contributed by atoms with van der Waals surface area (Å²) < 4.78 is 5.23. The van der Waals surface area contributed by atoms with Gasteiger partial charge in [-0.25, -0.2) is 0 Å². The Morgan fingerprint density at radius 1 is 1.00 bits per heavy atom. The molecule has 2 N–H and O–H groups in total. The minimum Gasteiger partial charge on any atom is -0.497 e. The topological polar surface area (TPSA) is 65.6 Å². The summed E-state index contributed by atoms with van der Waals surface area (Å²) in [5, 5.41) is 7.03. The molecule has 0 saturated carbocycles. The molecule has 7 nitrogen and oxygen atoms in total. The number of hydrogen-bond acceptors (Lipinski definition) is 6. The lowest BCUT2D eigenvalue weighted by Crippen LogP contribution is -2.37. The molecule has 4 rings (SSSR count). The van der Waals surface area contributed by atoms with E-state index in [1.165, 1.54) is 25.7 Å². The average Bonchev–Trinajstić information content (AvgIpc) is 2.83. The normalized spacial score (nSPS) is 20.9. The smallest absolute Gasteiger partial charge is 0.232 e. The van der Waals surface area contributed by atoms with E-state index in [-0.39, 0.29) is 0 Å². The predicted octanol–water partition coefficient (Wildman–Crippen LogP) is 4.44. The predicted molar refractivity (Wildman–Crippen MR) is 139 cm³/mol. The number of methoxy groups -OCH3 is 1. The first-order valence-corrected chi connectivity index (χ1v) is 12.5. The number of benzene rings is 1. The highest BCUT2D eigenvalue weighted by Crippen LogP contribution is 2.28. The third kappa shape index (κ3) is 6.47. The molecule has 2 fully saturated rings. The van der Waals surface area contributed by atoms with Gasteiger partial charge in [0.05, 0.1) is 7.11 Å². The summed E-state index contributed by atoms with van der Waals surface area (Å²) in [6.07, 6.45) is 4.96. The van der Waals surface area contributed by atoms with Crippen molar-refractivity contribution in [1.82, 2.24) is 15.3 Å².